The molecule has 0 aliphatic carbocycles. The number of carbonyl (C=O) groups excluding carboxylic acids is 2. The highest BCUT2D eigenvalue weighted by atomic mass is 32.2. The standard InChI is InChI=1S/C5H8O3S/c1-5(7)9-3-2-8-4-6/h4H,2-3H2,1H3. The zero-order chi connectivity index (χ0) is 7.11. The molecule has 0 atom stereocenters. The van der Waals surface area contributed by atoms with Crippen LogP contribution in [0.5, 0.6) is 0 Å². The lowest BCUT2D eigenvalue weighted by Gasteiger charge is -1.93. The highest BCUT2D eigenvalue weighted by molar-refractivity contribution is 8.13. The minimum atomic E-state index is 0.0458. The van der Waals surface area contributed by atoms with Crippen LogP contribution in [0.15, 0.2) is 0 Å². The minimum Gasteiger partial charge on any atom is -0.467 e. The first-order valence-electron chi connectivity index (χ1n) is 2.46. The molecule has 0 aliphatic heterocycles. The Balaban J connectivity index is 2.91. The van der Waals surface area contributed by atoms with Crippen LogP contribution in [-0.2, 0) is 14.3 Å². The van der Waals surface area contributed by atoms with Crippen molar-refractivity contribution in [1.29, 1.82) is 0 Å². The van der Waals surface area contributed by atoms with Crippen molar-refractivity contribution in [3.63, 3.8) is 0 Å². The van der Waals surface area contributed by atoms with Crippen molar-refractivity contribution in [2.75, 3.05) is 12.4 Å². The topological polar surface area (TPSA) is 43.4 Å². The van der Waals surface area contributed by atoms with Crippen molar-refractivity contribution >= 4 is 23.3 Å². The first-order chi connectivity index (χ1) is 4.27. The van der Waals surface area contributed by atoms with Crippen LogP contribution in [0.1, 0.15) is 6.92 Å². The number of ether oxygens (including phenoxy) is 1. The molecule has 9 heavy (non-hydrogen) atoms. The van der Waals surface area contributed by atoms with E-state index in [4.69, 9.17) is 0 Å². The van der Waals surface area contributed by atoms with E-state index in [2.05, 4.69) is 4.74 Å². The summed E-state index contributed by atoms with van der Waals surface area (Å²) in [6.45, 7) is 2.17. The van der Waals surface area contributed by atoms with Crippen molar-refractivity contribution in [2.45, 2.75) is 6.92 Å². The number of hydrogen-bond acceptors (Lipinski definition) is 4. The fraction of sp³-hybridized carbons (Fsp3) is 0.600. The fourth-order valence-electron chi connectivity index (χ4n) is 0.282. The van der Waals surface area contributed by atoms with E-state index in [9.17, 15) is 9.59 Å². The van der Waals surface area contributed by atoms with Crippen LogP contribution < -0.4 is 0 Å². The molecule has 52 valence electrons. The van der Waals surface area contributed by atoms with Crippen molar-refractivity contribution in [2.24, 2.45) is 0 Å². The average Bonchev–Trinajstić information content (AvgIpc) is 1.80. The summed E-state index contributed by atoms with van der Waals surface area (Å²) in [6, 6.07) is 0. The van der Waals surface area contributed by atoms with E-state index in [-0.39, 0.29) is 5.12 Å². The van der Waals surface area contributed by atoms with Gasteiger partial charge in [-0.25, -0.2) is 0 Å². The maximum Gasteiger partial charge on any atom is 0.293 e. The summed E-state index contributed by atoms with van der Waals surface area (Å²) in [5.41, 5.74) is 0. The van der Waals surface area contributed by atoms with Gasteiger partial charge in [-0.2, -0.15) is 0 Å². The maximum atomic E-state index is 10.2. The van der Waals surface area contributed by atoms with Crippen LogP contribution in [0.4, 0.5) is 0 Å². The van der Waals surface area contributed by atoms with Gasteiger partial charge in [-0.1, -0.05) is 11.8 Å². The largest absolute Gasteiger partial charge is 0.467 e. The molecule has 0 fully saturated rings. The Hall–Kier alpha value is -0.510. The minimum absolute atomic E-state index is 0.0458. The van der Waals surface area contributed by atoms with Crippen molar-refractivity contribution in [3.8, 4) is 0 Å². The molecule has 0 bridgehead atoms. The summed E-state index contributed by atoms with van der Waals surface area (Å²) < 4.78 is 4.33. The van der Waals surface area contributed by atoms with Crippen LogP contribution in [0.2, 0.25) is 0 Å². The molecule has 4 heteroatoms. The smallest absolute Gasteiger partial charge is 0.293 e. The summed E-state index contributed by atoms with van der Waals surface area (Å²) in [5.74, 6) is 0.550. The quantitative estimate of drug-likeness (QED) is 0.428. The monoisotopic (exact) mass is 148 g/mol. The third kappa shape index (κ3) is 7.49. The fourth-order valence-corrected chi connectivity index (χ4v) is 0.749. The van der Waals surface area contributed by atoms with Crippen LogP contribution in [0, 0.1) is 0 Å². The van der Waals surface area contributed by atoms with Crippen LogP contribution in [0.25, 0.3) is 0 Å². The van der Waals surface area contributed by atoms with E-state index in [1.807, 2.05) is 0 Å². The van der Waals surface area contributed by atoms with Gasteiger partial charge in [0.1, 0.15) is 6.61 Å². The van der Waals surface area contributed by atoms with E-state index in [1.165, 1.54) is 6.92 Å². The predicted molar refractivity (Wildman–Crippen MR) is 35.2 cm³/mol. The maximum absolute atomic E-state index is 10.2. The Labute approximate surface area is 57.8 Å². The first kappa shape index (κ1) is 8.49. The second kappa shape index (κ2) is 5.62. The Morgan fingerprint density at radius 2 is 2.44 bits per heavy atom. The molecule has 0 amide bonds. The number of thioether (sulfide) groups is 1. The zero-order valence-corrected chi connectivity index (χ0v) is 5.94. The predicted octanol–water partition coefficient (Wildman–Crippen LogP) is 0.439. The zero-order valence-electron chi connectivity index (χ0n) is 5.12. The molecule has 0 aliphatic rings. The third-order valence-corrected chi connectivity index (χ3v) is 1.35. The summed E-state index contributed by atoms with van der Waals surface area (Å²) in [4.78, 5) is 19.8. The van der Waals surface area contributed by atoms with E-state index < -0.39 is 0 Å². The average molecular weight is 148 g/mol. The van der Waals surface area contributed by atoms with Gasteiger partial charge in [0, 0.05) is 12.7 Å². The second-order valence-electron chi connectivity index (χ2n) is 1.31. The molecule has 0 aromatic carbocycles. The molecule has 0 aromatic rings. The normalized spacial score (nSPS) is 8.56. The third-order valence-electron chi connectivity index (χ3n) is 0.575. The molecule has 0 N–H and O–H groups in total. The Morgan fingerprint density at radius 1 is 1.78 bits per heavy atom. The first-order valence-corrected chi connectivity index (χ1v) is 3.44. The molecule has 0 radical (unpaired) electrons. The SMILES string of the molecule is CC(=O)SCCOC=O. The number of hydrogen-bond donors (Lipinski definition) is 0. The molecule has 0 aromatic heterocycles. The molecule has 0 unspecified atom stereocenters. The molecule has 0 saturated carbocycles. The Bertz CT molecular complexity index is 102. The van der Waals surface area contributed by atoms with Gasteiger partial charge in [0.15, 0.2) is 5.12 Å². The summed E-state index contributed by atoms with van der Waals surface area (Å²) in [5, 5.41) is 0.0458. The summed E-state index contributed by atoms with van der Waals surface area (Å²) >= 11 is 1.15. The molecule has 0 heterocycles. The highest BCUT2D eigenvalue weighted by Crippen LogP contribution is 1.98. The molecule has 0 saturated heterocycles. The Kier molecular flexibility index (Phi) is 5.30. The second-order valence-corrected chi connectivity index (χ2v) is 2.58. The summed E-state index contributed by atoms with van der Waals surface area (Å²) in [6.07, 6.45) is 0. The molecular formula is C5H8O3S. The molecule has 3 nitrogen and oxygen atoms in total. The van der Waals surface area contributed by atoms with Crippen molar-refractivity contribution in [1.82, 2.24) is 0 Å². The van der Waals surface area contributed by atoms with Crippen LogP contribution >= 0.6 is 11.8 Å². The number of carbonyl (C=O) groups is 2. The van der Waals surface area contributed by atoms with E-state index in [1.54, 1.807) is 0 Å². The summed E-state index contributed by atoms with van der Waals surface area (Å²) in [7, 11) is 0. The van der Waals surface area contributed by atoms with Gasteiger partial charge in [0.25, 0.3) is 6.47 Å². The van der Waals surface area contributed by atoms with Gasteiger partial charge in [-0.3, -0.25) is 9.59 Å². The lowest BCUT2D eigenvalue weighted by Crippen LogP contribution is -1.96. The highest BCUT2D eigenvalue weighted by Gasteiger charge is 1.91. The van der Waals surface area contributed by atoms with E-state index >= 15 is 0 Å². The van der Waals surface area contributed by atoms with E-state index in [0.29, 0.717) is 18.8 Å². The van der Waals surface area contributed by atoms with Crippen LogP contribution in [-0.4, -0.2) is 23.9 Å². The molecule has 0 spiro atoms. The molecular weight excluding hydrogens is 140 g/mol. The molecule has 0 rings (SSSR count). The van der Waals surface area contributed by atoms with Gasteiger partial charge < -0.3 is 4.74 Å². The van der Waals surface area contributed by atoms with Gasteiger partial charge in [-0.15, -0.1) is 0 Å². The Morgan fingerprint density at radius 3 is 2.89 bits per heavy atom. The van der Waals surface area contributed by atoms with Gasteiger partial charge in [0.05, 0.1) is 0 Å². The van der Waals surface area contributed by atoms with Gasteiger partial charge >= 0.3 is 0 Å². The van der Waals surface area contributed by atoms with E-state index in [0.717, 1.165) is 11.8 Å². The van der Waals surface area contributed by atoms with Crippen molar-refractivity contribution < 1.29 is 14.3 Å². The van der Waals surface area contributed by atoms with Gasteiger partial charge in [0.2, 0.25) is 0 Å². The lowest BCUT2D eigenvalue weighted by atomic mass is 10.9. The number of rotatable bonds is 4. The lowest BCUT2D eigenvalue weighted by molar-refractivity contribution is -0.128. The van der Waals surface area contributed by atoms with Crippen molar-refractivity contribution in [3.05, 3.63) is 0 Å². The van der Waals surface area contributed by atoms with Crippen LogP contribution in [0.3, 0.4) is 0 Å². The van der Waals surface area contributed by atoms with Gasteiger partial charge in [-0.05, 0) is 0 Å².